The van der Waals surface area contributed by atoms with Gasteiger partial charge in [-0.3, -0.25) is 5.32 Å². The van der Waals surface area contributed by atoms with Crippen molar-refractivity contribution in [2.45, 2.75) is 126 Å². The van der Waals surface area contributed by atoms with Crippen LogP contribution in [0.3, 0.4) is 0 Å². The number of methoxy groups -OCH3 is 1. The molecule has 8 nitrogen and oxygen atoms in total. The third kappa shape index (κ3) is 12.8. The molecule has 0 bridgehead atoms. The molecule has 26 heteroatoms. The Hall–Kier alpha value is -4.75. The highest BCUT2D eigenvalue weighted by Crippen LogP contribution is 2.64. The predicted molar refractivity (Wildman–Crippen MR) is 218 cm³/mol. The molecule has 0 saturated carbocycles. The highest BCUT2D eigenvalue weighted by Gasteiger charge is 2.95. The number of halogens is 17. The van der Waals surface area contributed by atoms with E-state index >= 15 is 8.78 Å². The molecule has 0 aliphatic carbocycles. The van der Waals surface area contributed by atoms with E-state index in [1.807, 2.05) is 0 Å². The molecule has 392 valence electrons. The van der Waals surface area contributed by atoms with Crippen molar-refractivity contribution in [3.8, 4) is 11.5 Å². The summed E-state index contributed by atoms with van der Waals surface area (Å²) in [6.07, 6.45) is -8.04. The Morgan fingerprint density at radius 2 is 1.14 bits per heavy atom. The lowest BCUT2D eigenvalue weighted by Crippen LogP contribution is -2.74. The lowest BCUT2D eigenvalue weighted by molar-refractivity contribution is -0.461. The zero-order valence-corrected chi connectivity index (χ0v) is 39.0. The summed E-state index contributed by atoms with van der Waals surface area (Å²) in [6, 6.07) is 10.8. The van der Waals surface area contributed by atoms with Crippen molar-refractivity contribution in [3.63, 3.8) is 0 Å². The molecule has 0 saturated heterocycles. The standard InChI is InChI=1S/C43H50F17NO7Si/c1-9-65-33(62)12-10-11-27(6)28(7)34(68-35(63)61-30-15-19-31(64-8)20-16-30)29-13-17-32(18-14-29)66-22-23-67-69(25(2)3,26(4)5)24-21-36(44,45)37(46,47)38(48,49)39(50,51)40(52,53)41(54,55)42(56,57)43(58,59)60/h10-20,25-26,28,34H,9,21-24H2,1-8H3,(H,61,63)/b12-10+,27-11+/t28-,34-/m1/s1. The van der Waals surface area contributed by atoms with Gasteiger partial charge in [0.1, 0.15) is 24.2 Å². The molecule has 2 atom stereocenters. The van der Waals surface area contributed by atoms with E-state index in [0.29, 0.717) is 22.6 Å². The fourth-order valence-corrected chi connectivity index (χ4v) is 11.2. The minimum atomic E-state index is -8.70. The van der Waals surface area contributed by atoms with Crippen molar-refractivity contribution >= 4 is 26.1 Å². The van der Waals surface area contributed by atoms with E-state index in [9.17, 15) is 75.4 Å². The third-order valence-corrected chi connectivity index (χ3v) is 16.8. The van der Waals surface area contributed by atoms with E-state index < -0.39 is 117 Å². The second-order valence-electron chi connectivity index (χ2n) is 16.2. The number of amides is 1. The highest BCUT2D eigenvalue weighted by atomic mass is 28.4. The molecular weight excluding hydrogens is 994 g/mol. The molecule has 1 N–H and O–H groups in total. The minimum absolute atomic E-state index is 0.118. The van der Waals surface area contributed by atoms with Gasteiger partial charge in [-0.2, -0.15) is 74.6 Å². The number of benzene rings is 2. The van der Waals surface area contributed by atoms with E-state index in [-0.39, 0.29) is 12.4 Å². The largest absolute Gasteiger partial charge is 0.497 e. The number of anilines is 1. The van der Waals surface area contributed by atoms with Crippen molar-refractivity contribution < 1.29 is 108 Å². The summed E-state index contributed by atoms with van der Waals surface area (Å²) in [5.74, 6) is -57.4. The monoisotopic (exact) mass is 1040 g/mol. The topological polar surface area (TPSA) is 92.3 Å². The number of esters is 1. The van der Waals surface area contributed by atoms with Gasteiger partial charge in [0.15, 0.2) is 8.32 Å². The van der Waals surface area contributed by atoms with Crippen LogP contribution in [0, 0.1) is 5.92 Å². The van der Waals surface area contributed by atoms with Gasteiger partial charge >= 0.3 is 59.7 Å². The van der Waals surface area contributed by atoms with Crippen LogP contribution in [0.15, 0.2) is 72.3 Å². The van der Waals surface area contributed by atoms with Crippen molar-refractivity contribution in [1.82, 2.24) is 0 Å². The second kappa shape index (κ2) is 22.6. The molecular formula is C43H50F17NO7Si. The van der Waals surface area contributed by atoms with Gasteiger partial charge in [0, 0.05) is 24.1 Å². The number of carbonyl (C=O) groups is 2. The van der Waals surface area contributed by atoms with Crippen LogP contribution in [-0.4, -0.2) is 94.9 Å². The summed E-state index contributed by atoms with van der Waals surface area (Å²) >= 11 is 0. The van der Waals surface area contributed by atoms with Crippen molar-refractivity contribution in [2.75, 3.05) is 32.2 Å². The highest BCUT2D eigenvalue weighted by molar-refractivity contribution is 6.76. The maximum absolute atomic E-state index is 15.0. The Balaban J connectivity index is 2.34. The molecule has 2 rings (SSSR count). The molecule has 0 fully saturated rings. The molecule has 0 unspecified atom stereocenters. The first-order valence-electron chi connectivity index (χ1n) is 20.6. The molecule has 0 heterocycles. The first-order chi connectivity index (χ1) is 31.4. The number of hydrogen-bond donors (Lipinski definition) is 1. The number of ether oxygens (including phenoxy) is 4. The molecule has 0 radical (unpaired) electrons. The van der Waals surface area contributed by atoms with Crippen LogP contribution >= 0.6 is 0 Å². The van der Waals surface area contributed by atoms with E-state index in [0.717, 1.165) is 0 Å². The summed E-state index contributed by atoms with van der Waals surface area (Å²) in [5.41, 5.74) is -0.367. The van der Waals surface area contributed by atoms with E-state index in [2.05, 4.69) is 5.32 Å². The van der Waals surface area contributed by atoms with Gasteiger partial charge in [-0.1, -0.05) is 64.5 Å². The van der Waals surface area contributed by atoms with Gasteiger partial charge in [0.25, 0.3) is 0 Å². The fourth-order valence-electron chi connectivity index (χ4n) is 6.76. The number of alkyl halides is 17. The van der Waals surface area contributed by atoms with Crippen molar-refractivity contribution in [1.29, 1.82) is 0 Å². The van der Waals surface area contributed by atoms with E-state index in [4.69, 9.17) is 23.4 Å². The Morgan fingerprint density at radius 3 is 1.61 bits per heavy atom. The molecule has 1 amide bonds. The van der Waals surface area contributed by atoms with Crippen LogP contribution in [0.4, 0.5) is 85.1 Å². The average Bonchev–Trinajstić information content (AvgIpc) is 3.24. The van der Waals surface area contributed by atoms with Crippen LogP contribution in [0.25, 0.3) is 0 Å². The number of rotatable bonds is 25. The van der Waals surface area contributed by atoms with E-state index in [1.54, 1.807) is 51.1 Å². The van der Waals surface area contributed by atoms with Gasteiger partial charge in [0.2, 0.25) is 0 Å². The molecule has 2 aromatic rings. The SMILES string of the molecule is CCOC(=O)/C=C/C=C(\C)[C@@H](C)[C@@H](OC(=O)Nc1ccc(OC)cc1)c1ccc(OCCO[Si](CCC(F)(F)C(F)(F)C(F)(F)C(F)(F)C(F)(F)C(F)(F)C(F)(F)C(F)(F)F)(C(C)C)C(C)C)cc1. The smallest absolute Gasteiger partial charge is 0.460 e. The molecule has 0 aliphatic rings. The van der Waals surface area contributed by atoms with Crippen LogP contribution in [-0.2, 0) is 18.7 Å². The van der Waals surface area contributed by atoms with Crippen LogP contribution in [0.1, 0.15) is 66.6 Å². The maximum Gasteiger partial charge on any atom is 0.460 e. The predicted octanol–water partition coefficient (Wildman–Crippen LogP) is 14.2. The van der Waals surface area contributed by atoms with Crippen molar-refractivity contribution in [2.24, 2.45) is 5.92 Å². The molecule has 0 aromatic heterocycles. The Bertz CT molecular complexity index is 2050. The lowest BCUT2D eigenvalue weighted by atomic mass is 9.88. The molecule has 69 heavy (non-hydrogen) atoms. The number of carbonyl (C=O) groups excluding carboxylic acids is 2. The Morgan fingerprint density at radius 1 is 0.667 bits per heavy atom. The Labute approximate surface area is 386 Å². The third-order valence-electron chi connectivity index (χ3n) is 11.1. The van der Waals surface area contributed by atoms with Gasteiger partial charge in [0.05, 0.1) is 20.3 Å². The zero-order valence-electron chi connectivity index (χ0n) is 38.0. The first-order valence-corrected chi connectivity index (χ1v) is 22.8. The van der Waals surface area contributed by atoms with Crippen LogP contribution in [0.2, 0.25) is 17.1 Å². The summed E-state index contributed by atoms with van der Waals surface area (Å²) < 4.78 is 264. The minimum Gasteiger partial charge on any atom is -0.497 e. The number of allylic oxidation sites excluding steroid dienone is 2. The van der Waals surface area contributed by atoms with Gasteiger partial charge in [-0.05, 0) is 72.9 Å². The number of nitrogens with one attached hydrogen (secondary N) is 1. The normalized spacial score (nSPS) is 15.1. The van der Waals surface area contributed by atoms with E-state index in [1.165, 1.54) is 71.2 Å². The second-order valence-corrected chi connectivity index (χ2v) is 21.2. The fraction of sp³-hybridized carbons (Fsp3) is 0.581. The lowest BCUT2D eigenvalue weighted by Gasteiger charge is -2.44. The summed E-state index contributed by atoms with van der Waals surface area (Å²) in [6.45, 7) is 9.51. The summed E-state index contributed by atoms with van der Waals surface area (Å²) in [7, 11) is -2.58. The summed E-state index contributed by atoms with van der Waals surface area (Å²) in [4.78, 5) is 24.9. The van der Waals surface area contributed by atoms with Gasteiger partial charge in [-0.25, -0.2) is 9.59 Å². The molecule has 0 spiro atoms. The quantitative estimate of drug-likeness (QED) is 0.0264. The van der Waals surface area contributed by atoms with Gasteiger partial charge in [-0.15, -0.1) is 0 Å². The molecule has 0 aliphatic heterocycles. The Kier molecular flexibility index (Phi) is 19.7. The van der Waals surface area contributed by atoms with Crippen molar-refractivity contribution in [3.05, 3.63) is 77.9 Å². The zero-order chi connectivity index (χ0) is 53.4. The molecule has 2 aromatic carbocycles. The average molecular weight is 1040 g/mol. The summed E-state index contributed by atoms with van der Waals surface area (Å²) in [5, 5.41) is 2.59. The van der Waals surface area contributed by atoms with Crippen LogP contribution < -0.4 is 14.8 Å². The number of hydrogen-bond acceptors (Lipinski definition) is 7. The maximum atomic E-state index is 15.0. The first kappa shape index (κ1) is 60.4. The van der Waals surface area contributed by atoms with Gasteiger partial charge < -0.3 is 23.4 Å². The van der Waals surface area contributed by atoms with Crippen LogP contribution in [0.5, 0.6) is 11.5 Å².